The highest BCUT2D eigenvalue weighted by molar-refractivity contribution is 9.10. The van der Waals surface area contributed by atoms with E-state index in [1.807, 2.05) is 6.07 Å². The van der Waals surface area contributed by atoms with Gasteiger partial charge in [-0.05, 0) is 18.2 Å². The number of anilines is 1. The molecule has 19 heavy (non-hydrogen) atoms. The Labute approximate surface area is 124 Å². The van der Waals surface area contributed by atoms with Crippen LogP contribution in [-0.4, -0.2) is 34.8 Å². The van der Waals surface area contributed by atoms with Crippen LogP contribution in [0.2, 0.25) is 0 Å². The van der Waals surface area contributed by atoms with E-state index in [4.69, 9.17) is 18.0 Å². The molecule has 1 aromatic rings. The van der Waals surface area contributed by atoms with Crippen LogP contribution in [0.3, 0.4) is 0 Å². The standard InChI is InChI=1S/C12H12BrN3O2S/c1-16-10(17)5-9(12(16)18)15-8-4-6(13)2-3-7(8)11(14)19/h2-4,9,15H,5H2,1H3,(H2,14,19). The van der Waals surface area contributed by atoms with Gasteiger partial charge in [0.05, 0.1) is 6.42 Å². The van der Waals surface area contributed by atoms with E-state index in [-0.39, 0.29) is 23.2 Å². The number of nitrogens with one attached hydrogen (secondary N) is 1. The molecular formula is C12H12BrN3O2S. The predicted octanol–water partition coefficient (Wildman–Crippen LogP) is 1.25. The molecule has 1 aliphatic heterocycles. The zero-order valence-electron chi connectivity index (χ0n) is 10.1. The fraction of sp³-hybridized carbons (Fsp3) is 0.250. The van der Waals surface area contributed by atoms with Gasteiger partial charge in [0.15, 0.2) is 0 Å². The number of imide groups is 1. The molecule has 100 valence electrons. The van der Waals surface area contributed by atoms with Crippen LogP contribution in [-0.2, 0) is 9.59 Å². The number of hydrogen-bond acceptors (Lipinski definition) is 4. The van der Waals surface area contributed by atoms with Crippen LogP contribution in [0.1, 0.15) is 12.0 Å². The lowest BCUT2D eigenvalue weighted by molar-refractivity contribution is -0.136. The molecule has 1 heterocycles. The summed E-state index contributed by atoms with van der Waals surface area (Å²) in [5.41, 5.74) is 6.93. The quantitative estimate of drug-likeness (QED) is 0.639. The minimum absolute atomic E-state index is 0.138. The summed E-state index contributed by atoms with van der Waals surface area (Å²) in [7, 11) is 1.47. The van der Waals surface area contributed by atoms with Crippen molar-refractivity contribution in [3.8, 4) is 0 Å². The Morgan fingerprint density at radius 2 is 2.21 bits per heavy atom. The van der Waals surface area contributed by atoms with Crippen LogP contribution >= 0.6 is 28.1 Å². The first kappa shape index (κ1) is 14.0. The maximum absolute atomic E-state index is 11.9. The third kappa shape index (κ3) is 2.76. The number of likely N-dealkylation sites (tertiary alicyclic amines) is 1. The van der Waals surface area contributed by atoms with Gasteiger partial charge in [-0.1, -0.05) is 28.1 Å². The number of nitrogens with zero attached hydrogens (tertiary/aromatic N) is 1. The summed E-state index contributed by atoms with van der Waals surface area (Å²) in [6.45, 7) is 0. The highest BCUT2D eigenvalue weighted by Gasteiger charge is 2.36. The number of thiocarbonyl (C=S) groups is 1. The Morgan fingerprint density at radius 3 is 2.74 bits per heavy atom. The van der Waals surface area contributed by atoms with Crippen molar-refractivity contribution >= 4 is 50.6 Å². The van der Waals surface area contributed by atoms with Gasteiger partial charge in [0.25, 0.3) is 5.91 Å². The van der Waals surface area contributed by atoms with Crippen LogP contribution in [0.25, 0.3) is 0 Å². The Bertz CT molecular complexity index is 576. The number of amides is 2. The normalized spacial score (nSPS) is 18.8. The minimum atomic E-state index is -0.570. The first-order valence-electron chi connectivity index (χ1n) is 5.56. The van der Waals surface area contributed by atoms with Crippen molar-refractivity contribution in [2.45, 2.75) is 12.5 Å². The van der Waals surface area contributed by atoms with E-state index in [0.29, 0.717) is 11.3 Å². The molecule has 1 atom stereocenters. The molecular weight excluding hydrogens is 330 g/mol. The first-order chi connectivity index (χ1) is 8.90. The molecule has 0 bridgehead atoms. The first-order valence-corrected chi connectivity index (χ1v) is 6.76. The van der Waals surface area contributed by atoms with E-state index in [1.165, 1.54) is 7.05 Å². The molecule has 0 aromatic heterocycles. The lowest BCUT2D eigenvalue weighted by Crippen LogP contribution is -2.32. The molecule has 1 aromatic carbocycles. The van der Waals surface area contributed by atoms with E-state index in [0.717, 1.165) is 9.37 Å². The molecule has 3 N–H and O–H groups in total. The van der Waals surface area contributed by atoms with Crippen LogP contribution in [0.4, 0.5) is 5.69 Å². The maximum Gasteiger partial charge on any atom is 0.251 e. The number of likely N-dealkylation sites (N-methyl/N-ethyl adjacent to an activating group) is 1. The van der Waals surface area contributed by atoms with Gasteiger partial charge in [0, 0.05) is 22.8 Å². The molecule has 1 unspecified atom stereocenters. The Morgan fingerprint density at radius 1 is 1.53 bits per heavy atom. The summed E-state index contributed by atoms with van der Waals surface area (Å²) in [6.07, 6.45) is 0.138. The smallest absolute Gasteiger partial charge is 0.251 e. The zero-order valence-corrected chi connectivity index (χ0v) is 12.5. The molecule has 7 heteroatoms. The number of nitrogens with two attached hydrogens (primary N) is 1. The largest absolute Gasteiger partial charge is 0.389 e. The second-order valence-electron chi connectivity index (χ2n) is 4.25. The fourth-order valence-corrected chi connectivity index (χ4v) is 2.45. The number of halogens is 1. The average molecular weight is 342 g/mol. The van der Waals surface area contributed by atoms with Crippen molar-refractivity contribution in [1.82, 2.24) is 4.90 Å². The monoisotopic (exact) mass is 341 g/mol. The Kier molecular flexibility index (Phi) is 3.86. The van der Waals surface area contributed by atoms with Gasteiger partial charge in [0.2, 0.25) is 5.91 Å². The lowest BCUT2D eigenvalue weighted by Gasteiger charge is -2.15. The number of hydrogen-bond donors (Lipinski definition) is 2. The third-order valence-electron chi connectivity index (χ3n) is 2.96. The summed E-state index contributed by atoms with van der Waals surface area (Å²) in [4.78, 5) is 24.7. The van der Waals surface area contributed by atoms with Crippen molar-refractivity contribution in [1.29, 1.82) is 0 Å². The Hall–Kier alpha value is -1.47. The SMILES string of the molecule is CN1C(=O)CC(Nc2cc(Br)ccc2C(N)=S)C1=O. The molecule has 0 spiro atoms. The van der Waals surface area contributed by atoms with Crippen LogP contribution < -0.4 is 11.1 Å². The molecule has 1 fully saturated rings. The zero-order chi connectivity index (χ0) is 14.2. The highest BCUT2D eigenvalue weighted by atomic mass is 79.9. The van der Waals surface area contributed by atoms with Crippen molar-refractivity contribution < 1.29 is 9.59 Å². The number of rotatable bonds is 3. The third-order valence-corrected chi connectivity index (χ3v) is 3.67. The maximum atomic E-state index is 11.9. The van der Waals surface area contributed by atoms with Crippen molar-refractivity contribution in [3.05, 3.63) is 28.2 Å². The molecule has 0 aliphatic carbocycles. The van der Waals surface area contributed by atoms with Gasteiger partial charge >= 0.3 is 0 Å². The summed E-state index contributed by atoms with van der Waals surface area (Å²) in [5, 5.41) is 3.03. The molecule has 5 nitrogen and oxygen atoms in total. The van der Waals surface area contributed by atoms with Gasteiger partial charge < -0.3 is 11.1 Å². The summed E-state index contributed by atoms with van der Waals surface area (Å²) in [5.74, 6) is -0.451. The highest BCUT2D eigenvalue weighted by Crippen LogP contribution is 2.24. The van der Waals surface area contributed by atoms with Crippen molar-refractivity contribution in [3.63, 3.8) is 0 Å². The second-order valence-corrected chi connectivity index (χ2v) is 5.60. The van der Waals surface area contributed by atoms with E-state index >= 15 is 0 Å². The molecule has 0 saturated carbocycles. The topological polar surface area (TPSA) is 75.4 Å². The van der Waals surface area contributed by atoms with Crippen LogP contribution in [0.15, 0.2) is 22.7 Å². The summed E-state index contributed by atoms with van der Waals surface area (Å²) in [6, 6.07) is 4.79. The van der Waals surface area contributed by atoms with Gasteiger partial charge in [-0.2, -0.15) is 0 Å². The fourth-order valence-electron chi connectivity index (χ4n) is 1.91. The van der Waals surface area contributed by atoms with Crippen LogP contribution in [0.5, 0.6) is 0 Å². The average Bonchev–Trinajstić information content (AvgIpc) is 2.57. The minimum Gasteiger partial charge on any atom is -0.389 e. The summed E-state index contributed by atoms with van der Waals surface area (Å²) < 4.78 is 0.833. The van der Waals surface area contributed by atoms with Gasteiger partial charge in [-0.25, -0.2) is 0 Å². The van der Waals surface area contributed by atoms with Crippen LogP contribution in [0, 0.1) is 0 Å². The molecule has 1 saturated heterocycles. The second kappa shape index (κ2) is 5.26. The van der Waals surface area contributed by atoms with Crippen molar-refractivity contribution in [2.75, 3.05) is 12.4 Å². The predicted molar refractivity (Wildman–Crippen MR) is 79.8 cm³/mol. The van der Waals surface area contributed by atoms with Crippen molar-refractivity contribution in [2.24, 2.45) is 5.73 Å². The molecule has 2 amide bonds. The Balaban J connectivity index is 2.29. The van der Waals surface area contributed by atoms with E-state index in [9.17, 15) is 9.59 Å². The molecule has 0 radical (unpaired) electrons. The summed E-state index contributed by atoms with van der Waals surface area (Å²) >= 11 is 8.32. The number of carbonyl (C=O) groups excluding carboxylic acids is 2. The number of benzene rings is 1. The van der Waals surface area contributed by atoms with E-state index in [2.05, 4.69) is 21.2 Å². The number of carbonyl (C=O) groups is 2. The molecule has 1 aliphatic rings. The van der Waals surface area contributed by atoms with E-state index in [1.54, 1.807) is 12.1 Å². The lowest BCUT2D eigenvalue weighted by atomic mass is 10.1. The van der Waals surface area contributed by atoms with Gasteiger partial charge in [-0.15, -0.1) is 0 Å². The van der Waals surface area contributed by atoms with Gasteiger partial charge in [-0.3, -0.25) is 14.5 Å². The molecule has 2 rings (SSSR count). The van der Waals surface area contributed by atoms with Gasteiger partial charge in [0.1, 0.15) is 11.0 Å². The van der Waals surface area contributed by atoms with E-state index < -0.39 is 6.04 Å².